The second-order valence-electron chi connectivity index (χ2n) is 4.68. The van der Waals surface area contributed by atoms with Crippen molar-refractivity contribution in [1.82, 2.24) is 15.0 Å². The molecule has 104 valence electrons. The zero-order valence-corrected chi connectivity index (χ0v) is 11.3. The molecule has 0 aliphatic heterocycles. The van der Waals surface area contributed by atoms with Crippen LogP contribution in [0, 0.1) is 5.92 Å². The molecule has 18 heavy (non-hydrogen) atoms. The van der Waals surface area contributed by atoms with E-state index in [4.69, 9.17) is 15.6 Å². The Kier molecular flexibility index (Phi) is 6.85. The van der Waals surface area contributed by atoms with Crippen LogP contribution in [0.15, 0.2) is 0 Å². The highest BCUT2D eigenvalue weighted by Gasteiger charge is 2.11. The monoisotopic (exact) mass is 256 g/mol. The molecule has 1 rings (SSSR count). The third-order valence-corrected chi connectivity index (χ3v) is 2.75. The summed E-state index contributed by atoms with van der Waals surface area (Å²) in [4.78, 5) is 0. The van der Waals surface area contributed by atoms with E-state index in [1.807, 2.05) is 4.68 Å². The number of aliphatic hydroxyl groups is 1. The lowest BCUT2D eigenvalue weighted by molar-refractivity contribution is 0.0847. The van der Waals surface area contributed by atoms with E-state index in [1.165, 1.54) is 0 Å². The van der Waals surface area contributed by atoms with E-state index in [0.717, 1.165) is 24.2 Å². The quantitative estimate of drug-likeness (QED) is 0.622. The fourth-order valence-corrected chi connectivity index (χ4v) is 1.72. The topological polar surface area (TPSA) is 86.2 Å². The van der Waals surface area contributed by atoms with Gasteiger partial charge in [0.15, 0.2) is 0 Å². The summed E-state index contributed by atoms with van der Waals surface area (Å²) in [5, 5.41) is 16.8. The van der Waals surface area contributed by atoms with Gasteiger partial charge in [-0.3, -0.25) is 0 Å². The number of nitrogens with zero attached hydrogens (tertiary/aromatic N) is 3. The predicted octanol–water partition coefficient (Wildman–Crippen LogP) is 0.334. The maximum Gasteiger partial charge on any atom is 0.0994 e. The van der Waals surface area contributed by atoms with Gasteiger partial charge in [0.2, 0.25) is 0 Å². The van der Waals surface area contributed by atoms with Crippen LogP contribution in [0.2, 0.25) is 0 Å². The summed E-state index contributed by atoms with van der Waals surface area (Å²) in [7, 11) is 0. The molecule has 0 aliphatic carbocycles. The van der Waals surface area contributed by atoms with Gasteiger partial charge in [0.05, 0.1) is 37.8 Å². The van der Waals surface area contributed by atoms with Gasteiger partial charge in [-0.2, -0.15) is 0 Å². The highest BCUT2D eigenvalue weighted by molar-refractivity contribution is 5.10. The average Bonchev–Trinajstić information content (AvgIpc) is 2.74. The van der Waals surface area contributed by atoms with Crippen LogP contribution in [0.5, 0.6) is 0 Å². The smallest absolute Gasteiger partial charge is 0.0994 e. The Morgan fingerprint density at radius 3 is 2.78 bits per heavy atom. The van der Waals surface area contributed by atoms with Crippen LogP contribution in [-0.4, -0.2) is 39.9 Å². The average molecular weight is 256 g/mol. The van der Waals surface area contributed by atoms with E-state index in [1.54, 1.807) is 0 Å². The van der Waals surface area contributed by atoms with Gasteiger partial charge in [-0.25, -0.2) is 4.68 Å². The highest BCUT2D eigenvalue weighted by atomic mass is 16.5. The Balaban J connectivity index is 2.56. The maximum absolute atomic E-state index is 8.63. The van der Waals surface area contributed by atoms with Crippen molar-refractivity contribution in [2.45, 2.75) is 39.8 Å². The molecular weight excluding hydrogens is 232 g/mol. The SMILES string of the molecule is CC(C)CCc1c(CN)nnn1CCOCCO. The molecule has 0 amide bonds. The summed E-state index contributed by atoms with van der Waals surface area (Å²) < 4.78 is 7.10. The first-order chi connectivity index (χ1) is 8.69. The number of hydrogen-bond acceptors (Lipinski definition) is 5. The van der Waals surface area contributed by atoms with Crippen molar-refractivity contribution < 1.29 is 9.84 Å². The second kappa shape index (κ2) is 8.18. The van der Waals surface area contributed by atoms with E-state index < -0.39 is 0 Å². The molecule has 0 atom stereocenters. The first kappa shape index (κ1) is 15.1. The molecule has 6 nitrogen and oxygen atoms in total. The number of rotatable bonds is 9. The molecule has 3 N–H and O–H groups in total. The van der Waals surface area contributed by atoms with Crippen LogP contribution in [0.25, 0.3) is 0 Å². The molecule has 0 bridgehead atoms. The number of aromatic nitrogens is 3. The van der Waals surface area contributed by atoms with Crippen LogP contribution in [0.1, 0.15) is 31.7 Å². The van der Waals surface area contributed by atoms with Crippen molar-refractivity contribution >= 4 is 0 Å². The zero-order valence-electron chi connectivity index (χ0n) is 11.3. The van der Waals surface area contributed by atoms with E-state index in [9.17, 15) is 0 Å². The maximum atomic E-state index is 8.63. The summed E-state index contributed by atoms with van der Waals surface area (Å²) in [6, 6.07) is 0. The minimum absolute atomic E-state index is 0.0472. The summed E-state index contributed by atoms with van der Waals surface area (Å²) in [6.45, 7) is 6.40. The van der Waals surface area contributed by atoms with Crippen LogP contribution in [-0.2, 0) is 24.2 Å². The molecule has 1 heterocycles. The molecule has 0 saturated carbocycles. The fourth-order valence-electron chi connectivity index (χ4n) is 1.72. The third-order valence-electron chi connectivity index (χ3n) is 2.75. The summed E-state index contributed by atoms with van der Waals surface area (Å²) in [5.74, 6) is 0.643. The van der Waals surface area contributed by atoms with Crippen LogP contribution >= 0.6 is 0 Å². The minimum atomic E-state index is 0.0472. The highest BCUT2D eigenvalue weighted by Crippen LogP contribution is 2.12. The van der Waals surface area contributed by atoms with Crippen molar-refractivity contribution in [1.29, 1.82) is 0 Å². The van der Waals surface area contributed by atoms with E-state index >= 15 is 0 Å². The van der Waals surface area contributed by atoms with Crippen molar-refractivity contribution in [3.05, 3.63) is 11.4 Å². The lowest BCUT2D eigenvalue weighted by atomic mass is 10.1. The Labute approximate surface area is 108 Å². The molecule has 0 unspecified atom stereocenters. The predicted molar refractivity (Wildman–Crippen MR) is 69.0 cm³/mol. The molecule has 1 aromatic rings. The van der Waals surface area contributed by atoms with Crippen molar-refractivity contribution in [3.63, 3.8) is 0 Å². The zero-order chi connectivity index (χ0) is 13.4. The Morgan fingerprint density at radius 2 is 2.17 bits per heavy atom. The molecule has 0 fully saturated rings. The van der Waals surface area contributed by atoms with Gasteiger partial charge < -0.3 is 15.6 Å². The number of hydrogen-bond donors (Lipinski definition) is 2. The molecule has 0 radical (unpaired) electrons. The van der Waals surface area contributed by atoms with Gasteiger partial charge in [0, 0.05) is 6.54 Å². The molecule has 1 aromatic heterocycles. The van der Waals surface area contributed by atoms with Crippen molar-refractivity contribution in [3.8, 4) is 0 Å². The minimum Gasteiger partial charge on any atom is -0.394 e. The van der Waals surface area contributed by atoms with Crippen LogP contribution in [0.3, 0.4) is 0 Å². The van der Waals surface area contributed by atoms with Gasteiger partial charge in [-0.1, -0.05) is 19.1 Å². The van der Waals surface area contributed by atoms with E-state index in [2.05, 4.69) is 24.2 Å². The van der Waals surface area contributed by atoms with Gasteiger partial charge in [-0.05, 0) is 18.8 Å². The van der Waals surface area contributed by atoms with E-state index in [-0.39, 0.29) is 6.61 Å². The van der Waals surface area contributed by atoms with Crippen LogP contribution < -0.4 is 5.73 Å². The number of ether oxygens (including phenoxy) is 1. The number of nitrogens with two attached hydrogens (primary N) is 1. The third kappa shape index (κ3) is 4.72. The molecule has 0 aromatic carbocycles. The van der Waals surface area contributed by atoms with Crippen LogP contribution in [0.4, 0.5) is 0 Å². The van der Waals surface area contributed by atoms with Gasteiger partial charge >= 0.3 is 0 Å². The van der Waals surface area contributed by atoms with Crippen molar-refractivity contribution in [2.75, 3.05) is 19.8 Å². The van der Waals surface area contributed by atoms with Gasteiger partial charge in [-0.15, -0.1) is 5.10 Å². The Morgan fingerprint density at radius 1 is 1.39 bits per heavy atom. The molecule has 0 spiro atoms. The molecule has 0 aliphatic rings. The lowest BCUT2D eigenvalue weighted by Gasteiger charge is -2.09. The standard InChI is InChI=1S/C12H24N4O2/c1-10(2)3-4-12-11(9-13)14-15-16(12)5-7-18-8-6-17/h10,17H,3-9,13H2,1-2H3. The Hall–Kier alpha value is -0.980. The Bertz CT molecular complexity index is 339. The first-order valence-electron chi connectivity index (χ1n) is 6.49. The summed E-state index contributed by atoms with van der Waals surface area (Å²) in [6.07, 6.45) is 2.04. The molecule has 6 heteroatoms. The lowest BCUT2D eigenvalue weighted by Crippen LogP contribution is -2.13. The second-order valence-corrected chi connectivity index (χ2v) is 4.68. The fraction of sp³-hybridized carbons (Fsp3) is 0.833. The normalized spacial score (nSPS) is 11.4. The van der Waals surface area contributed by atoms with Gasteiger partial charge in [0.1, 0.15) is 0 Å². The van der Waals surface area contributed by atoms with Crippen molar-refractivity contribution in [2.24, 2.45) is 11.7 Å². The largest absolute Gasteiger partial charge is 0.394 e. The summed E-state index contributed by atoms with van der Waals surface area (Å²) >= 11 is 0. The van der Waals surface area contributed by atoms with E-state index in [0.29, 0.717) is 32.2 Å². The first-order valence-corrected chi connectivity index (χ1v) is 6.49. The number of aliphatic hydroxyl groups excluding tert-OH is 1. The van der Waals surface area contributed by atoms with Gasteiger partial charge in [0.25, 0.3) is 0 Å². The summed E-state index contributed by atoms with van der Waals surface area (Å²) in [5.41, 5.74) is 7.65. The molecular formula is C12H24N4O2. The molecule has 0 saturated heterocycles.